The third-order valence-corrected chi connectivity index (χ3v) is 5.11. The van der Waals surface area contributed by atoms with E-state index in [1.54, 1.807) is 6.07 Å². The smallest absolute Gasteiger partial charge is 0.358 e. The number of fused-ring (bicyclic) bond motifs is 3. The summed E-state index contributed by atoms with van der Waals surface area (Å²) < 4.78 is 51.7. The standard InChI is InChI=1S/C19H17F4N3/c1-26(18-7-2-11(10-24-18)19(21,22)23)13-4-6-17-15(9-13)14-8-12(20)3-5-16(14)25-17/h2-3,5,7-8,10,13,25H,4,6,9H2,1H3. The number of hydrogen-bond donors (Lipinski definition) is 1. The molecule has 2 aromatic heterocycles. The van der Waals surface area contributed by atoms with Gasteiger partial charge in [0.15, 0.2) is 0 Å². The molecule has 0 radical (unpaired) electrons. The molecule has 1 aliphatic carbocycles. The minimum Gasteiger partial charge on any atom is -0.358 e. The lowest BCUT2D eigenvalue weighted by Gasteiger charge is -2.32. The molecular formula is C19H17F4N3. The molecule has 0 saturated heterocycles. The maximum atomic E-state index is 13.6. The van der Waals surface area contributed by atoms with E-state index in [0.29, 0.717) is 12.2 Å². The van der Waals surface area contributed by atoms with Crippen molar-refractivity contribution in [3.8, 4) is 0 Å². The first kappa shape index (κ1) is 16.9. The van der Waals surface area contributed by atoms with Crippen LogP contribution >= 0.6 is 0 Å². The van der Waals surface area contributed by atoms with E-state index in [0.717, 1.165) is 47.3 Å². The minimum atomic E-state index is -4.39. The van der Waals surface area contributed by atoms with Crippen LogP contribution in [0.1, 0.15) is 23.2 Å². The van der Waals surface area contributed by atoms with Gasteiger partial charge in [-0.3, -0.25) is 0 Å². The Morgan fingerprint density at radius 3 is 2.69 bits per heavy atom. The van der Waals surface area contributed by atoms with Crippen molar-refractivity contribution in [2.75, 3.05) is 11.9 Å². The molecule has 1 aliphatic rings. The van der Waals surface area contributed by atoms with Crippen molar-refractivity contribution >= 4 is 16.7 Å². The second kappa shape index (κ2) is 6.00. The van der Waals surface area contributed by atoms with Gasteiger partial charge in [0.25, 0.3) is 0 Å². The van der Waals surface area contributed by atoms with Crippen molar-refractivity contribution in [3.63, 3.8) is 0 Å². The maximum Gasteiger partial charge on any atom is 0.417 e. The van der Waals surface area contributed by atoms with E-state index < -0.39 is 11.7 Å². The van der Waals surface area contributed by atoms with Crippen LogP contribution in [0, 0.1) is 5.82 Å². The fourth-order valence-electron chi connectivity index (χ4n) is 3.65. The number of anilines is 1. The third-order valence-electron chi connectivity index (χ3n) is 5.11. The summed E-state index contributed by atoms with van der Waals surface area (Å²) in [6, 6.07) is 7.23. The summed E-state index contributed by atoms with van der Waals surface area (Å²) in [7, 11) is 1.83. The molecule has 1 atom stereocenters. The molecule has 1 N–H and O–H groups in total. The molecule has 0 fully saturated rings. The van der Waals surface area contributed by atoms with Gasteiger partial charge in [0.1, 0.15) is 11.6 Å². The third kappa shape index (κ3) is 2.91. The highest BCUT2D eigenvalue weighted by atomic mass is 19.4. The van der Waals surface area contributed by atoms with Crippen LogP contribution in [0.15, 0.2) is 36.5 Å². The predicted molar refractivity (Wildman–Crippen MR) is 91.7 cm³/mol. The molecule has 7 heteroatoms. The Labute approximate surface area is 147 Å². The fourth-order valence-corrected chi connectivity index (χ4v) is 3.65. The van der Waals surface area contributed by atoms with Crippen LogP contribution in [-0.4, -0.2) is 23.1 Å². The summed E-state index contributed by atoms with van der Waals surface area (Å²) in [6.07, 6.45) is -1.18. The van der Waals surface area contributed by atoms with Gasteiger partial charge in [0.2, 0.25) is 0 Å². The molecule has 1 aromatic carbocycles. The van der Waals surface area contributed by atoms with E-state index >= 15 is 0 Å². The number of alkyl halides is 3. The van der Waals surface area contributed by atoms with Gasteiger partial charge < -0.3 is 9.88 Å². The SMILES string of the molecule is CN(c1ccc(C(F)(F)F)cn1)C1CCc2[nH]c3ccc(F)cc3c2C1. The molecule has 26 heavy (non-hydrogen) atoms. The number of pyridine rings is 1. The number of H-pyrrole nitrogens is 1. The summed E-state index contributed by atoms with van der Waals surface area (Å²) in [6.45, 7) is 0. The molecule has 0 aliphatic heterocycles. The van der Waals surface area contributed by atoms with E-state index in [9.17, 15) is 17.6 Å². The number of nitrogens with zero attached hydrogens (tertiary/aromatic N) is 2. The number of nitrogens with one attached hydrogen (secondary N) is 1. The second-order valence-corrected chi connectivity index (χ2v) is 6.68. The predicted octanol–water partition coefficient (Wildman–Crippen LogP) is 4.71. The van der Waals surface area contributed by atoms with Crippen LogP contribution in [0.4, 0.5) is 23.4 Å². The Morgan fingerprint density at radius 2 is 2.00 bits per heavy atom. The van der Waals surface area contributed by atoms with Crippen LogP contribution in [0.5, 0.6) is 0 Å². The summed E-state index contributed by atoms with van der Waals surface area (Å²) in [5, 5.41) is 0.874. The van der Waals surface area contributed by atoms with E-state index in [4.69, 9.17) is 0 Å². The number of aryl methyl sites for hydroxylation is 1. The molecule has 4 rings (SSSR count). The van der Waals surface area contributed by atoms with Crippen molar-refractivity contribution < 1.29 is 17.6 Å². The van der Waals surface area contributed by atoms with Crippen molar-refractivity contribution in [1.29, 1.82) is 0 Å². The molecule has 1 unspecified atom stereocenters. The van der Waals surface area contributed by atoms with Crippen LogP contribution in [0.25, 0.3) is 10.9 Å². The second-order valence-electron chi connectivity index (χ2n) is 6.68. The number of aromatic nitrogens is 2. The van der Waals surface area contributed by atoms with Crippen molar-refractivity contribution in [2.45, 2.75) is 31.5 Å². The lowest BCUT2D eigenvalue weighted by atomic mass is 9.90. The number of rotatable bonds is 2. The zero-order chi connectivity index (χ0) is 18.5. The van der Waals surface area contributed by atoms with Gasteiger partial charge in [0.05, 0.1) is 5.56 Å². The highest BCUT2D eigenvalue weighted by Gasteiger charge is 2.31. The Hall–Kier alpha value is -2.57. The monoisotopic (exact) mass is 363 g/mol. The Kier molecular flexibility index (Phi) is 3.89. The number of hydrogen-bond acceptors (Lipinski definition) is 2. The lowest BCUT2D eigenvalue weighted by Crippen LogP contribution is -2.36. The van der Waals surface area contributed by atoms with Gasteiger partial charge in [-0.25, -0.2) is 9.37 Å². The van der Waals surface area contributed by atoms with Crippen molar-refractivity contribution in [3.05, 3.63) is 59.2 Å². The normalized spacial score (nSPS) is 17.3. The van der Waals surface area contributed by atoms with Crippen molar-refractivity contribution in [1.82, 2.24) is 9.97 Å². The number of halogens is 4. The lowest BCUT2D eigenvalue weighted by molar-refractivity contribution is -0.137. The zero-order valence-electron chi connectivity index (χ0n) is 14.1. The van der Waals surface area contributed by atoms with Crippen LogP contribution in [0.3, 0.4) is 0 Å². The highest BCUT2D eigenvalue weighted by molar-refractivity contribution is 5.85. The van der Waals surface area contributed by atoms with Gasteiger partial charge in [0, 0.05) is 35.9 Å². The molecule has 3 aromatic rings. The minimum absolute atomic E-state index is 0.0917. The Balaban J connectivity index is 1.60. The summed E-state index contributed by atoms with van der Waals surface area (Å²) in [5.74, 6) is 0.219. The first-order valence-corrected chi connectivity index (χ1v) is 8.38. The van der Waals surface area contributed by atoms with E-state index in [1.807, 2.05) is 11.9 Å². The van der Waals surface area contributed by atoms with Gasteiger partial charge in [-0.05, 0) is 55.2 Å². The largest absolute Gasteiger partial charge is 0.417 e. The topological polar surface area (TPSA) is 31.9 Å². The number of likely N-dealkylation sites (N-methyl/N-ethyl adjacent to an activating group) is 1. The Morgan fingerprint density at radius 1 is 1.19 bits per heavy atom. The molecule has 136 valence electrons. The van der Waals surface area contributed by atoms with E-state index in [-0.39, 0.29) is 11.9 Å². The van der Waals surface area contributed by atoms with Gasteiger partial charge >= 0.3 is 6.18 Å². The number of benzene rings is 1. The molecule has 0 spiro atoms. The maximum absolute atomic E-state index is 13.6. The zero-order valence-corrected chi connectivity index (χ0v) is 14.1. The van der Waals surface area contributed by atoms with E-state index in [2.05, 4.69) is 9.97 Å². The average molecular weight is 363 g/mol. The Bertz CT molecular complexity index is 944. The molecule has 2 heterocycles. The van der Waals surface area contributed by atoms with Gasteiger partial charge in [-0.15, -0.1) is 0 Å². The first-order valence-electron chi connectivity index (χ1n) is 8.38. The van der Waals surface area contributed by atoms with E-state index in [1.165, 1.54) is 18.2 Å². The highest BCUT2D eigenvalue weighted by Crippen LogP contribution is 2.33. The molecule has 0 amide bonds. The van der Waals surface area contributed by atoms with Gasteiger partial charge in [-0.1, -0.05) is 0 Å². The van der Waals surface area contributed by atoms with Crippen LogP contribution < -0.4 is 4.90 Å². The van der Waals surface area contributed by atoms with Crippen molar-refractivity contribution in [2.24, 2.45) is 0 Å². The molecule has 0 bridgehead atoms. The van der Waals surface area contributed by atoms with Crippen LogP contribution in [-0.2, 0) is 19.0 Å². The van der Waals surface area contributed by atoms with Crippen LogP contribution in [0.2, 0.25) is 0 Å². The number of aromatic amines is 1. The fraction of sp³-hybridized carbons (Fsp3) is 0.316. The quantitative estimate of drug-likeness (QED) is 0.669. The summed E-state index contributed by atoms with van der Waals surface area (Å²) in [4.78, 5) is 9.22. The molecule has 3 nitrogen and oxygen atoms in total. The van der Waals surface area contributed by atoms with Gasteiger partial charge in [-0.2, -0.15) is 13.2 Å². The summed E-state index contributed by atoms with van der Waals surface area (Å²) >= 11 is 0. The first-order chi connectivity index (χ1) is 12.3. The summed E-state index contributed by atoms with van der Waals surface area (Å²) in [5.41, 5.74) is 2.34. The molecule has 0 saturated carbocycles. The molecular weight excluding hydrogens is 346 g/mol. The average Bonchev–Trinajstić information content (AvgIpc) is 2.97.